The van der Waals surface area contributed by atoms with Crippen LogP contribution in [0.5, 0.6) is 17.2 Å². The summed E-state index contributed by atoms with van der Waals surface area (Å²) in [6, 6.07) is 3.01. The number of nitrogens with zero attached hydrogens (tertiary/aromatic N) is 3. The number of benzene rings is 1. The first-order chi connectivity index (χ1) is 10.4. The molecule has 0 amide bonds. The smallest absolute Gasteiger partial charge is 0.408 e. The maximum Gasteiger partial charge on any atom is 0.408 e. The van der Waals surface area contributed by atoms with Crippen molar-refractivity contribution in [2.75, 3.05) is 21.3 Å². The Morgan fingerprint density at radius 1 is 1.00 bits per heavy atom. The van der Waals surface area contributed by atoms with Crippen molar-refractivity contribution in [1.82, 2.24) is 14.8 Å². The molecule has 9 heteroatoms. The number of methoxy groups -OCH3 is 3. The lowest BCUT2D eigenvalue weighted by atomic mass is 10.1. The molecule has 0 spiro atoms. The minimum Gasteiger partial charge on any atom is -0.496 e. The maximum atomic E-state index is 12.6. The molecule has 1 heterocycles. The molecule has 1 aromatic heterocycles. The second kappa shape index (κ2) is 6.12. The number of alkyl halides is 3. The zero-order chi connectivity index (χ0) is 16.3. The predicted molar refractivity (Wildman–Crippen MR) is 71.2 cm³/mol. The van der Waals surface area contributed by atoms with Crippen molar-refractivity contribution in [3.05, 3.63) is 18.5 Å². The van der Waals surface area contributed by atoms with Gasteiger partial charge >= 0.3 is 6.18 Å². The molecule has 2 rings (SSSR count). The lowest BCUT2D eigenvalue weighted by Gasteiger charge is -2.15. The summed E-state index contributed by atoms with van der Waals surface area (Å²) in [5.41, 5.74) is 0.321. The largest absolute Gasteiger partial charge is 0.496 e. The Labute approximate surface area is 124 Å². The monoisotopic (exact) mass is 317 g/mol. The summed E-state index contributed by atoms with van der Waals surface area (Å²) >= 11 is 0. The van der Waals surface area contributed by atoms with Crippen molar-refractivity contribution in [2.45, 2.75) is 12.7 Å². The van der Waals surface area contributed by atoms with E-state index in [2.05, 4.69) is 10.1 Å². The Kier molecular flexibility index (Phi) is 4.43. The van der Waals surface area contributed by atoms with E-state index in [1.54, 1.807) is 0 Å². The van der Waals surface area contributed by atoms with Gasteiger partial charge in [0, 0.05) is 6.07 Å². The number of aromatic nitrogens is 3. The lowest BCUT2D eigenvalue weighted by molar-refractivity contribution is -0.142. The van der Waals surface area contributed by atoms with Crippen molar-refractivity contribution < 1.29 is 27.4 Å². The number of halogens is 3. The van der Waals surface area contributed by atoms with E-state index in [0.717, 1.165) is 11.0 Å². The fourth-order valence-electron chi connectivity index (χ4n) is 1.96. The van der Waals surface area contributed by atoms with Crippen molar-refractivity contribution in [1.29, 1.82) is 0 Å². The van der Waals surface area contributed by atoms with Gasteiger partial charge in [-0.25, -0.2) is 9.67 Å². The first kappa shape index (κ1) is 15.9. The van der Waals surface area contributed by atoms with Gasteiger partial charge in [0.15, 0.2) is 17.3 Å². The van der Waals surface area contributed by atoms with Crippen LogP contribution in [0.25, 0.3) is 11.4 Å². The lowest BCUT2D eigenvalue weighted by Crippen LogP contribution is -2.19. The third-order valence-electron chi connectivity index (χ3n) is 2.89. The summed E-state index contributed by atoms with van der Waals surface area (Å²) in [5.74, 6) is 1.06. The van der Waals surface area contributed by atoms with Crippen LogP contribution >= 0.6 is 0 Å². The van der Waals surface area contributed by atoms with Crippen LogP contribution in [0.15, 0.2) is 18.5 Å². The molecule has 0 bridgehead atoms. The molecule has 0 radical (unpaired) electrons. The van der Waals surface area contributed by atoms with Crippen LogP contribution in [0, 0.1) is 0 Å². The Morgan fingerprint density at radius 2 is 1.59 bits per heavy atom. The standard InChI is InChI=1S/C13H14F3N3O3/c1-20-9-5-11(22-3)10(21-2)4-8(9)12-17-7-18-19(12)6-13(14,15)16/h4-5,7H,6H2,1-3H3. The van der Waals surface area contributed by atoms with Gasteiger partial charge in [-0.05, 0) is 6.07 Å². The van der Waals surface area contributed by atoms with Gasteiger partial charge in [0.05, 0.1) is 26.9 Å². The van der Waals surface area contributed by atoms with Crippen LogP contribution < -0.4 is 14.2 Å². The summed E-state index contributed by atoms with van der Waals surface area (Å²) in [4.78, 5) is 3.89. The van der Waals surface area contributed by atoms with Crippen LogP contribution in [0.3, 0.4) is 0 Å². The van der Waals surface area contributed by atoms with Gasteiger partial charge in [-0.15, -0.1) is 0 Å². The molecule has 0 aliphatic heterocycles. The first-order valence-corrected chi connectivity index (χ1v) is 6.14. The van der Waals surface area contributed by atoms with Crippen molar-refractivity contribution in [3.8, 4) is 28.6 Å². The van der Waals surface area contributed by atoms with Gasteiger partial charge in [0.2, 0.25) is 0 Å². The van der Waals surface area contributed by atoms with Gasteiger partial charge in [-0.3, -0.25) is 0 Å². The normalized spacial score (nSPS) is 11.4. The van der Waals surface area contributed by atoms with Gasteiger partial charge in [0.1, 0.15) is 18.6 Å². The molecule has 1 aromatic carbocycles. The molecule has 0 saturated carbocycles. The average Bonchev–Trinajstić information content (AvgIpc) is 2.91. The SMILES string of the molecule is COc1cc(OC)c(-c2ncnn2CC(F)(F)F)cc1OC. The van der Waals surface area contributed by atoms with Crippen LogP contribution in [0.1, 0.15) is 0 Å². The van der Waals surface area contributed by atoms with E-state index in [9.17, 15) is 13.2 Å². The molecular weight excluding hydrogens is 303 g/mol. The summed E-state index contributed by atoms with van der Waals surface area (Å²) in [6.45, 7) is -1.25. The van der Waals surface area contributed by atoms with E-state index in [0.29, 0.717) is 22.8 Å². The van der Waals surface area contributed by atoms with E-state index in [4.69, 9.17) is 14.2 Å². The molecule has 22 heavy (non-hydrogen) atoms. The van der Waals surface area contributed by atoms with Crippen LogP contribution in [0.2, 0.25) is 0 Å². The molecule has 0 N–H and O–H groups in total. The highest BCUT2D eigenvalue weighted by Crippen LogP contribution is 2.39. The van der Waals surface area contributed by atoms with E-state index >= 15 is 0 Å². The van der Waals surface area contributed by atoms with Crippen molar-refractivity contribution >= 4 is 0 Å². The Morgan fingerprint density at radius 3 is 2.14 bits per heavy atom. The minimum atomic E-state index is -4.41. The highest BCUT2D eigenvalue weighted by molar-refractivity contribution is 5.69. The topological polar surface area (TPSA) is 58.4 Å². The summed E-state index contributed by atoms with van der Waals surface area (Å²) in [6.07, 6.45) is -3.36. The van der Waals surface area contributed by atoms with Gasteiger partial charge < -0.3 is 14.2 Å². The summed E-state index contributed by atoms with van der Waals surface area (Å²) in [7, 11) is 4.27. The molecule has 0 aliphatic rings. The fraction of sp³-hybridized carbons (Fsp3) is 0.385. The molecule has 120 valence electrons. The molecule has 0 fully saturated rings. The number of rotatable bonds is 5. The first-order valence-electron chi connectivity index (χ1n) is 6.14. The third-order valence-corrected chi connectivity index (χ3v) is 2.89. The second-order valence-corrected chi connectivity index (χ2v) is 4.26. The molecule has 0 saturated heterocycles. The number of ether oxygens (including phenoxy) is 3. The minimum absolute atomic E-state index is 0.0233. The summed E-state index contributed by atoms with van der Waals surface area (Å²) < 4.78 is 54.0. The molecular formula is C13H14F3N3O3. The third kappa shape index (κ3) is 3.23. The second-order valence-electron chi connectivity index (χ2n) is 4.26. The van der Waals surface area contributed by atoms with Crippen molar-refractivity contribution in [3.63, 3.8) is 0 Å². The van der Waals surface area contributed by atoms with Gasteiger partial charge in [-0.1, -0.05) is 0 Å². The van der Waals surface area contributed by atoms with Crippen LogP contribution in [-0.4, -0.2) is 42.3 Å². The van der Waals surface area contributed by atoms with Crippen LogP contribution in [0.4, 0.5) is 13.2 Å². The molecule has 6 nitrogen and oxygen atoms in total. The number of hydrogen-bond donors (Lipinski definition) is 0. The van der Waals surface area contributed by atoms with E-state index in [1.807, 2.05) is 0 Å². The molecule has 0 atom stereocenters. The van der Waals surface area contributed by atoms with E-state index in [1.165, 1.54) is 33.5 Å². The summed E-state index contributed by atoms with van der Waals surface area (Å²) in [5, 5.41) is 3.61. The van der Waals surface area contributed by atoms with Gasteiger partial charge in [0.25, 0.3) is 0 Å². The Balaban J connectivity index is 2.55. The Hall–Kier alpha value is -2.45. The molecule has 0 unspecified atom stereocenters. The van der Waals surface area contributed by atoms with Crippen molar-refractivity contribution in [2.24, 2.45) is 0 Å². The average molecular weight is 317 g/mol. The zero-order valence-electron chi connectivity index (χ0n) is 12.1. The highest BCUT2D eigenvalue weighted by Gasteiger charge is 2.30. The predicted octanol–water partition coefficient (Wildman–Crippen LogP) is 2.53. The van der Waals surface area contributed by atoms with E-state index in [-0.39, 0.29) is 5.82 Å². The zero-order valence-corrected chi connectivity index (χ0v) is 12.1. The maximum absolute atomic E-state index is 12.6. The quantitative estimate of drug-likeness (QED) is 0.848. The molecule has 0 aliphatic carbocycles. The molecule has 2 aromatic rings. The number of hydrogen-bond acceptors (Lipinski definition) is 5. The fourth-order valence-corrected chi connectivity index (χ4v) is 1.96. The highest BCUT2D eigenvalue weighted by atomic mass is 19.4. The van der Waals surface area contributed by atoms with Gasteiger partial charge in [-0.2, -0.15) is 18.3 Å². The Bertz CT molecular complexity index is 656. The van der Waals surface area contributed by atoms with E-state index < -0.39 is 12.7 Å². The van der Waals surface area contributed by atoms with Crippen LogP contribution in [-0.2, 0) is 6.54 Å².